The molecule has 0 aliphatic carbocycles. The quantitative estimate of drug-likeness (QED) is 0.0256. The summed E-state index contributed by atoms with van der Waals surface area (Å²) in [6, 6.07) is 17.8. The Morgan fingerprint density at radius 3 is 2.32 bits per heavy atom. The van der Waals surface area contributed by atoms with Crippen molar-refractivity contribution in [2.75, 3.05) is 61.2 Å². The van der Waals surface area contributed by atoms with Gasteiger partial charge in [0, 0.05) is 60.9 Å². The molecule has 0 bridgehead atoms. The van der Waals surface area contributed by atoms with E-state index >= 15 is 0 Å². The number of nitriles is 1. The van der Waals surface area contributed by atoms with Crippen LogP contribution in [0, 0.1) is 23.1 Å². The number of nitrogens with two attached hydrogens (primary N) is 1. The minimum absolute atomic E-state index is 0.000442. The second-order valence-corrected chi connectivity index (χ2v) is 15.7. The standard InChI is InChI=1S/C38H43ClF2N12O5S/c1-25(2)53-36(54)52(34(38(53,39)59)46-35(43)51(22-42)47-55-3)29-7-5-27(6-8-29)48-14-16-49(17-15-48)28-9-11-30(12-10-28)56-19-33-57-21-37(58-33,20-50-24-44-23-45-50)31-13-4-26(40)18-32(31)41/h4-13,18,23-25,33-34,47,59H,14-17,19-21H2,1-3H3,(H2,43,46)/t33-,34?,37+,38?/m0/s1. The number of guanidine groups is 1. The zero-order valence-corrected chi connectivity index (χ0v) is 34.0. The van der Waals surface area contributed by atoms with E-state index in [1.54, 1.807) is 6.19 Å². The number of nitrogens with zero attached hydrogens (tertiary/aromatic N) is 10. The SMILES string of the molecule is CONN(C#N)/C(N)=N/C1N(c2ccc(N3CCN(c4ccc(OC[C@H]5OC[C@](Cn6cncn6)(c6ccc(F)cc6F)O5)cc4)CC3)cc2)C(=O)N(C(C)C)C1(S)Cl. The predicted octanol–water partition coefficient (Wildman–Crippen LogP) is 4.19. The highest BCUT2D eigenvalue weighted by Crippen LogP contribution is 2.44. The molecule has 21 heteroatoms. The van der Waals surface area contributed by atoms with E-state index in [-0.39, 0.29) is 37.3 Å². The van der Waals surface area contributed by atoms with Crippen LogP contribution in [0.2, 0.25) is 0 Å². The highest BCUT2D eigenvalue weighted by atomic mass is 35.5. The van der Waals surface area contributed by atoms with E-state index in [4.69, 9.17) is 36.4 Å². The maximum absolute atomic E-state index is 15.0. The number of ether oxygens (including phenoxy) is 3. The van der Waals surface area contributed by atoms with Crippen LogP contribution < -0.4 is 30.8 Å². The Bertz CT molecular complexity index is 2160. The number of aliphatic imine (C=N–C) groups is 1. The number of aromatic nitrogens is 3. The van der Waals surface area contributed by atoms with Gasteiger partial charge in [-0.25, -0.2) is 28.2 Å². The minimum atomic E-state index is -1.59. The largest absolute Gasteiger partial charge is 0.488 e. The Morgan fingerprint density at radius 2 is 1.75 bits per heavy atom. The lowest BCUT2D eigenvalue weighted by Gasteiger charge is -2.37. The van der Waals surface area contributed by atoms with Gasteiger partial charge < -0.3 is 29.7 Å². The van der Waals surface area contributed by atoms with Gasteiger partial charge in [-0.15, -0.1) is 12.6 Å². The van der Waals surface area contributed by atoms with Crippen molar-refractivity contribution in [3.8, 4) is 11.9 Å². The molecule has 0 saturated carbocycles. The van der Waals surface area contributed by atoms with Crippen molar-refractivity contribution < 1.29 is 32.6 Å². The number of benzene rings is 3. The number of hydrogen-bond acceptors (Lipinski definition) is 13. The summed E-state index contributed by atoms with van der Waals surface area (Å²) in [6.45, 7) is 6.76. The van der Waals surface area contributed by atoms with Crippen molar-refractivity contribution in [2.24, 2.45) is 10.7 Å². The Balaban J connectivity index is 0.954. The number of thiol groups is 1. The van der Waals surface area contributed by atoms with Crippen molar-refractivity contribution in [1.29, 1.82) is 5.26 Å². The van der Waals surface area contributed by atoms with E-state index in [9.17, 15) is 18.8 Å². The molecule has 2 unspecified atom stereocenters. The zero-order chi connectivity index (χ0) is 41.9. The number of nitrogens with one attached hydrogen (secondary N) is 1. The number of urea groups is 1. The number of rotatable bonds is 13. The summed E-state index contributed by atoms with van der Waals surface area (Å²) in [5, 5.41) is 14.4. The number of carbonyl (C=O) groups is 1. The molecule has 0 radical (unpaired) electrons. The van der Waals surface area contributed by atoms with Crippen LogP contribution in [0.4, 0.5) is 30.6 Å². The van der Waals surface area contributed by atoms with Crippen LogP contribution >= 0.6 is 24.2 Å². The zero-order valence-electron chi connectivity index (χ0n) is 32.4. The lowest BCUT2D eigenvalue weighted by molar-refractivity contribution is -0.117. The van der Waals surface area contributed by atoms with Crippen LogP contribution in [0.1, 0.15) is 19.4 Å². The van der Waals surface area contributed by atoms with E-state index in [1.165, 1.54) is 46.4 Å². The summed E-state index contributed by atoms with van der Waals surface area (Å²) in [4.78, 5) is 34.3. The molecule has 0 spiro atoms. The van der Waals surface area contributed by atoms with Crippen molar-refractivity contribution in [1.82, 2.24) is 30.3 Å². The molecule has 3 aromatic carbocycles. The third-order valence-corrected chi connectivity index (χ3v) is 11.0. The Kier molecular flexibility index (Phi) is 12.3. The number of alkyl halides is 1. The Morgan fingerprint density at radius 1 is 1.10 bits per heavy atom. The van der Waals surface area contributed by atoms with Gasteiger partial charge >= 0.3 is 6.03 Å². The van der Waals surface area contributed by atoms with Gasteiger partial charge in [0.1, 0.15) is 42.2 Å². The summed E-state index contributed by atoms with van der Waals surface area (Å²) in [5.41, 5.74) is 9.82. The molecule has 4 aromatic rings. The van der Waals surface area contributed by atoms with Crippen LogP contribution in [-0.4, -0.2) is 106 Å². The van der Waals surface area contributed by atoms with E-state index in [0.29, 0.717) is 11.4 Å². The first kappa shape index (κ1) is 41.7. The summed E-state index contributed by atoms with van der Waals surface area (Å²) in [7, 11) is 1.31. The molecule has 3 aliphatic rings. The lowest BCUT2D eigenvalue weighted by atomic mass is 9.94. The first-order valence-corrected chi connectivity index (χ1v) is 19.4. The number of carbonyl (C=O) groups excluding carboxylic acids is 1. The van der Waals surface area contributed by atoms with E-state index in [1.807, 2.05) is 62.4 Å². The second kappa shape index (κ2) is 17.4. The van der Waals surface area contributed by atoms with E-state index in [0.717, 1.165) is 48.6 Å². The normalized spacial score (nSPS) is 23.6. The molecule has 312 valence electrons. The second-order valence-electron chi connectivity index (χ2n) is 14.2. The predicted molar refractivity (Wildman–Crippen MR) is 217 cm³/mol. The van der Waals surface area contributed by atoms with Gasteiger partial charge in [-0.3, -0.25) is 14.6 Å². The molecular weight excluding hydrogens is 810 g/mol. The summed E-state index contributed by atoms with van der Waals surface area (Å²) in [6.07, 6.45) is 2.73. The average Bonchev–Trinajstić information content (AvgIpc) is 3.93. The number of anilines is 3. The molecule has 59 heavy (non-hydrogen) atoms. The molecular formula is C38H43ClF2N12O5S. The molecule has 3 N–H and O–H groups in total. The van der Waals surface area contributed by atoms with Crippen LogP contribution in [0.15, 0.2) is 84.4 Å². The highest BCUT2D eigenvalue weighted by molar-refractivity contribution is 7.83. The molecule has 1 aromatic heterocycles. The molecule has 4 atom stereocenters. The fourth-order valence-corrected chi connectivity index (χ4v) is 8.25. The fourth-order valence-electron chi connectivity index (χ4n) is 7.35. The Labute approximate surface area is 349 Å². The number of halogens is 3. The van der Waals surface area contributed by atoms with Crippen LogP contribution in [-0.2, 0) is 26.5 Å². The third kappa shape index (κ3) is 8.66. The van der Waals surface area contributed by atoms with E-state index in [2.05, 4.69) is 43.1 Å². The monoisotopic (exact) mass is 852 g/mol. The number of piperazine rings is 1. The van der Waals surface area contributed by atoms with Crippen molar-refractivity contribution in [3.63, 3.8) is 0 Å². The van der Waals surface area contributed by atoms with Gasteiger partial charge in [-0.1, -0.05) is 23.3 Å². The average molecular weight is 853 g/mol. The first-order valence-electron chi connectivity index (χ1n) is 18.6. The minimum Gasteiger partial charge on any atom is -0.488 e. The smallest absolute Gasteiger partial charge is 0.328 e. The van der Waals surface area contributed by atoms with Gasteiger partial charge in [0.2, 0.25) is 16.5 Å². The Hall–Kier alpha value is -5.43. The highest BCUT2D eigenvalue weighted by Gasteiger charge is 2.57. The molecule has 2 amide bonds. The lowest BCUT2D eigenvalue weighted by Crippen LogP contribution is -2.48. The van der Waals surface area contributed by atoms with Crippen molar-refractivity contribution in [3.05, 3.63) is 96.6 Å². The van der Waals surface area contributed by atoms with E-state index < -0.39 is 40.1 Å². The van der Waals surface area contributed by atoms with Gasteiger partial charge in [0.05, 0.1) is 20.3 Å². The summed E-state index contributed by atoms with van der Waals surface area (Å²) >= 11 is 11.5. The van der Waals surface area contributed by atoms with Crippen LogP contribution in [0.5, 0.6) is 5.75 Å². The van der Waals surface area contributed by atoms with Crippen LogP contribution in [0.3, 0.4) is 0 Å². The maximum Gasteiger partial charge on any atom is 0.328 e. The first-order chi connectivity index (χ1) is 28.3. The molecule has 3 aliphatic heterocycles. The fraction of sp³-hybridized carbons (Fsp3) is 0.395. The van der Waals surface area contributed by atoms with Crippen molar-refractivity contribution >= 4 is 53.3 Å². The summed E-state index contributed by atoms with van der Waals surface area (Å²) < 4.78 is 46.8. The van der Waals surface area contributed by atoms with Gasteiger partial charge in [-0.2, -0.15) is 15.4 Å². The van der Waals surface area contributed by atoms with Gasteiger partial charge in [0.15, 0.2) is 12.5 Å². The molecule has 7 rings (SSSR count). The van der Waals surface area contributed by atoms with Crippen molar-refractivity contribution in [2.45, 2.75) is 48.8 Å². The topological polar surface area (TPSA) is 175 Å². The molecule has 3 saturated heterocycles. The maximum atomic E-state index is 15.0. The van der Waals surface area contributed by atoms with Gasteiger partial charge in [0.25, 0.3) is 0 Å². The molecule has 3 fully saturated rings. The molecule has 17 nitrogen and oxygen atoms in total. The van der Waals surface area contributed by atoms with Gasteiger partial charge in [-0.05, 0) is 68.4 Å². The number of hydrazine groups is 1. The molecule has 4 heterocycles. The van der Waals surface area contributed by atoms with Crippen LogP contribution in [0.25, 0.3) is 0 Å². The summed E-state index contributed by atoms with van der Waals surface area (Å²) in [5.74, 6) is -1.12. The third-order valence-electron chi connectivity index (χ3n) is 10.1. The number of amides is 2. The number of hydrogen-bond donors (Lipinski definition) is 3.